The van der Waals surface area contributed by atoms with Crippen molar-refractivity contribution in [1.29, 1.82) is 0 Å². The third-order valence-corrected chi connectivity index (χ3v) is 4.30. The number of rotatable bonds is 6. The Morgan fingerprint density at radius 1 is 1.03 bits per heavy atom. The highest BCUT2D eigenvalue weighted by atomic mass is 16.5. The van der Waals surface area contributed by atoms with Crippen molar-refractivity contribution in [2.24, 2.45) is 0 Å². The predicted molar refractivity (Wildman–Crippen MR) is 102 cm³/mol. The standard InChI is InChI=1S/C19H17N5O5/c1-26-14-8-11(9-15(27-2)17(14)28-3)18-20-16(22-29-18)10-24-19(25)12-6-4-5-7-13(12)21-23-24/h4-9H,10H2,1-3H3. The number of benzene rings is 2. The van der Waals surface area contributed by atoms with Crippen LogP contribution in [0.2, 0.25) is 0 Å². The first-order chi connectivity index (χ1) is 14.1. The maximum absolute atomic E-state index is 12.6. The van der Waals surface area contributed by atoms with Crippen molar-refractivity contribution < 1.29 is 18.7 Å². The number of aromatic nitrogens is 5. The minimum Gasteiger partial charge on any atom is -0.493 e. The molecule has 29 heavy (non-hydrogen) atoms. The van der Waals surface area contributed by atoms with Crippen molar-refractivity contribution in [3.63, 3.8) is 0 Å². The van der Waals surface area contributed by atoms with Crippen molar-refractivity contribution in [1.82, 2.24) is 25.1 Å². The predicted octanol–water partition coefficient (Wildman–Crippen LogP) is 1.92. The molecule has 0 aliphatic carbocycles. The van der Waals surface area contributed by atoms with Crippen molar-refractivity contribution >= 4 is 10.9 Å². The zero-order chi connectivity index (χ0) is 20.4. The van der Waals surface area contributed by atoms with Crippen LogP contribution in [0.4, 0.5) is 0 Å². The molecule has 0 saturated carbocycles. The second-order valence-electron chi connectivity index (χ2n) is 6.00. The van der Waals surface area contributed by atoms with E-state index in [0.717, 1.165) is 0 Å². The molecule has 0 aliphatic rings. The van der Waals surface area contributed by atoms with Crippen LogP contribution in [0.15, 0.2) is 45.7 Å². The molecule has 0 radical (unpaired) electrons. The van der Waals surface area contributed by atoms with Crippen LogP contribution >= 0.6 is 0 Å². The van der Waals surface area contributed by atoms with Gasteiger partial charge in [-0.25, -0.2) is 4.68 Å². The van der Waals surface area contributed by atoms with E-state index in [0.29, 0.717) is 33.7 Å². The molecule has 0 N–H and O–H groups in total. The van der Waals surface area contributed by atoms with Gasteiger partial charge in [-0.1, -0.05) is 22.5 Å². The maximum atomic E-state index is 12.6. The monoisotopic (exact) mass is 395 g/mol. The Kier molecular flexibility index (Phi) is 4.82. The van der Waals surface area contributed by atoms with Crippen molar-refractivity contribution in [3.8, 4) is 28.7 Å². The van der Waals surface area contributed by atoms with E-state index in [1.807, 2.05) is 0 Å². The average Bonchev–Trinajstić information content (AvgIpc) is 3.23. The van der Waals surface area contributed by atoms with Crippen LogP contribution in [0.3, 0.4) is 0 Å². The van der Waals surface area contributed by atoms with Crippen molar-refractivity contribution in [2.75, 3.05) is 21.3 Å². The largest absolute Gasteiger partial charge is 0.493 e. The van der Waals surface area contributed by atoms with Crippen LogP contribution in [0.25, 0.3) is 22.4 Å². The molecule has 2 heterocycles. The summed E-state index contributed by atoms with van der Waals surface area (Å²) >= 11 is 0. The lowest BCUT2D eigenvalue weighted by Crippen LogP contribution is -2.25. The zero-order valence-corrected chi connectivity index (χ0v) is 15.9. The van der Waals surface area contributed by atoms with E-state index in [1.54, 1.807) is 36.4 Å². The summed E-state index contributed by atoms with van der Waals surface area (Å²) in [7, 11) is 4.56. The Bertz CT molecular complexity index is 1210. The molecule has 4 rings (SSSR count). The number of hydrogen-bond acceptors (Lipinski definition) is 9. The summed E-state index contributed by atoms with van der Waals surface area (Å²) in [6.45, 7) is 0.0184. The highest BCUT2D eigenvalue weighted by molar-refractivity contribution is 5.76. The molecule has 2 aromatic carbocycles. The van der Waals surface area contributed by atoms with Crippen LogP contribution in [-0.2, 0) is 6.54 Å². The SMILES string of the molecule is COc1cc(-c2nc(Cn3nnc4ccccc4c3=O)no2)cc(OC)c1OC. The van der Waals surface area contributed by atoms with Gasteiger partial charge in [-0.15, -0.1) is 5.10 Å². The van der Waals surface area contributed by atoms with E-state index in [9.17, 15) is 4.79 Å². The van der Waals surface area contributed by atoms with E-state index < -0.39 is 0 Å². The second-order valence-corrected chi connectivity index (χ2v) is 6.00. The van der Waals surface area contributed by atoms with Gasteiger partial charge in [0.1, 0.15) is 12.1 Å². The zero-order valence-electron chi connectivity index (χ0n) is 15.9. The van der Waals surface area contributed by atoms with Gasteiger partial charge in [-0.05, 0) is 24.3 Å². The van der Waals surface area contributed by atoms with E-state index >= 15 is 0 Å². The van der Waals surface area contributed by atoms with E-state index in [2.05, 4.69) is 20.5 Å². The minimum absolute atomic E-state index is 0.0184. The lowest BCUT2D eigenvalue weighted by Gasteiger charge is -2.12. The van der Waals surface area contributed by atoms with Gasteiger partial charge in [-0.3, -0.25) is 4.79 Å². The molecule has 10 heteroatoms. The van der Waals surface area contributed by atoms with Crippen LogP contribution in [-0.4, -0.2) is 46.5 Å². The maximum Gasteiger partial charge on any atom is 0.278 e. The Morgan fingerprint density at radius 2 is 1.76 bits per heavy atom. The first kappa shape index (κ1) is 18.4. The van der Waals surface area contributed by atoms with E-state index in [-0.39, 0.29) is 23.8 Å². The van der Waals surface area contributed by atoms with Crippen LogP contribution < -0.4 is 19.8 Å². The molecule has 0 spiro atoms. The summed E-state index contributed by atoms with van der Waals surface area (Å²) in [6, 6.07) is 10.4. The highest BCUT2D eigenvalue weighted by Crippen LogP contribution is 2.40. The molecule has 0 saturated heterocycles. The molecule has 0 amide bonds. The smallest absolute Gasteiger partial charge is 0.278 e. The molecule has 4 aromatic rings. The molecule has 0 aliphatic heterocycles. The fourth-order valence-electron chi connectivity index (χ4n) is 2.90. The number of hydrogen-bond donors (Lipinski definition) is 0. The summed E-state index contributed by atoms with van der Waals surface area (Å²) in [5.74, 6) is 1.88. The van der Waals surface area contributed by atoms with Crippen LogP contribution in [0, 0.1) is 0 Å². The first-order valence-corrected chi connectivity index (χ1v) is 8.60. The van der Waals surface area contributed by atoms with Crippen LogP contribution in [0.5, 0.6) is 17.2 Å². The molecule has 0 atom stereocenters. The normalized spacial score (nSPS) is 10.9. The second kappa shape index (κ2) is 7.58. The lowest BCUT2D eigenvalue weighted by molar-refractivity contribution is 0.324. The van der Waals surface area contributed by atoms with Gasteiger partial charge in [-0.2, -0.15) is 4.98 Å². The minimum atomic E-state index is -0.283. The van der Waals surface area contributed by atoms with Crippen molar-refractivity contribution in [2.45, 2.75) is 6.54 Å². The fourth-order valence-corrected chi connectivity index (χ4v) is 2.90. The van der Waals surface area contributed by atoms with Crippen LogP contribution in [0.1, 0.15) is 5.82 Å². The number of methoxy groups -OCH3 is 3. The molecular formula is C19H17N5O5. The van der Waals surface area contributed by atoms with Gasteiger partial charge in [0.2, 0.25) is 5.75 Å². The Hall–Kier alpha value is -3.95. The Morgan fingerprint density at radius 3 is 2.45 bits per heavy atom. The summed E-state index contributed by atoms with van der Waals surface area (Å²) < 4.78 is 22.5. The highest BCUT2D eigenvalue weighted by Gasteiger charge is 2.18. The number of fused-ring (bicyclic) bond motifs is 1. The number of ether oxygens (including phenoxy) is 3. The van der Waals surface area contributed by atoms with Gasteiger partial charge < -0.3 is 18.7 Å². The fraction of sp³-hybridized carbons (Fsp3) is 0.211. The Labute approximate surface area is 164 Å². The Balaban J connectivity index is 1.68. The summed E-state index contributed by atoms with van der Waals surface area (Å²) in [5, 5.41) is 12.4. The van der Waals surface area contributed by atoms with Gasteiger partial charge in [0.15, 0.2) is 17.3 Å². The molecule has 0 fully saturated rings. The summed E-state index contributed by atoms with van der Waals surface area (Å²) in [5.41, 5.74) is 0.824. The lowest BCUT2D eigenvalue weighted by atomic mass is 10.2. The van der Waals surface area contributed by atoms with E-state index in [4.69, 9.17) is 18.7 Å². The molecule has 0 bridgehead atoms. The van der Waals surface area contributed by atoms with E-state index in [1.165, 1.54) is 26.0 Å². The van der Waals surface area contributed by atoms with Gasteiger partial charge in [0.05, 0.1) is 26.7 Å². The first-order valence-electron chi connectivity index (χ1n) is 8.60. The van der Waals surface area contributed by atoms with Gasteiger partial charge >= 0.3 is 0 Å². The molecule has 2 aromatic heterocycles. The summed E-state index contributed by atoms with van der Waals surface area (Å²) in [6.07, 6.45) is 0. The molecule has 10 nitrogen and oxygen atoms in total. The number of nitrogens with zero attached hydrogens (tertiary/aromatic N) is 5. The molecular weight excluding hydrogens is 378 g/mol. The molecule has 0 unspecified atom stereocenters. The topological polar surface area (TPSA) is 114 Å². The quantitative estimate of drug-likeness (QED) is 0.483. The molecule has 148 valence electrons. The van der Waals surface area contributed by atoms with Crippen molar-refractivity contribution in [3.05, 3.63) is 52.6 Å². The third-order valence-electron chi connectivity index (χ3n) is 4.30. The average molecular weight is 395 g/mol. The third kappa shape index (κ3) is 3.35. The van der Waals surface area contributed by atoms with Gasteiger partial charge in [0, 0.05) is 5.56 Å². The van der Waals surface area contributed by atoms with Gasteiger partial charge in [0.25, 0.3) is 11.4 Å². The summed E-state index contributed by atoms with van der Waals surface area (Å²) in [4.78, 5) is 16.9.